The van der Waals surface area contributed by atoms with Gasteiger partial charge in [0, 0.05) is 24.0 Å². The molecular weight excluding hydrogens is 163 g/mol. The van der Waals surface area contributed by atoms with E-state index >= 15 is 0 Å². The van der Waals surface area contributed by atoms with E-state index in [1.54, 1.807) is 0 Å². The minimum absolute atomic E-state index is 0. The van der Waals surface area contributed by atoms with Crippen LogP contribution in [0.15, 0.2) is 0 Å². The molecule has 0 aliphatic heterocycles. The fourth-order valence-electron chi connectivity index (χ4n) is 1.25. The van der Waals surface area contributed by atoms with Gasteiger partial charge in [-0.05, 0) is 6.42 Å². The van der Waals surface area contributed by atoms with E-state index in [4.69, 9.17) is 5.11 Å². The summed E-state index contributed by atoms with van der Waals surface area (Å²) in [5, 5.41) is 8.51. The molecule has 3 radical (unpaired) electrons. The zero-order valence-electron chi connectivity index (χ0n) is 8.39. The van der Waals surface area contributed by atoms with Crippen molar-refractivity contribution in [3.63, 3.8) is 0 Å². The van der Waals surface area contributed by atoms with E-state index in [0.717, 1.165) is 6.42 Å². The number of unbranched alkanes of at least 4 members (excludes halogenated alkanes) is 7. The molecule has 0 saturated carbocycles. The molecule has 0 atom stereocenters. The molecule has 71 valence electrons. The molecule has 0 aromatic carbocycles. The van der Waals surface area contributed by atoms with E-state index < -0.39 is 0 Å². The Balaban J connectivity index is 0. The van der Waals surface area contributed by atoms with Gasteiger partial charge < -0.3 is 5.11 Å². The topological polar surface area (TPSA) is 20.2 Å². The first kappa shape index (κ1) is 15.0. The second-order valence-electron chi connectivity index (χ2n) is 3.20. The van der Waals surface area contributed by atoms with Crippen LogP contribution in [0, 0.1) is 0 Å². The number of rotatable bonds is 8. The Morgan fingerprint density at radius 2 is 1.17 bits per heavy atom. The molecule has 0 heterocycles. The lowest BCUT2D eigenvalue weighted by atomic mass is 10.1. The Hall–Kier alpha value is 0.492. The first-order valence-corrected chi connectivity index (χ1v) is 5.02. The van der Waals surface area contributed by atoms with Gasteiger partial charge in [-0.15, -0.1) is 0 Å². The molecule has 0 aromatic heterocycles. The summed E-state index contributed by atoms with van der Waals surface area (Å²) in [5.41, 5.74) is 0. The summed E-state index contributed by atoms with van der Waals surface area (Å²) in [5.74, 6) is 0. The van der Waals surface area contributed by atoms with E-state index in [1.165, 1.54) is 44.9 Å². The van der Waals surface area contributed by atoms with Gasteiger partial charge in [0.25, 0.3) is 0 Å². The molecule has 1 N–H and O–H groups in total. The third kappa shape index (κ3) is 13.1. The normalized spacial score (nSPS) is 9.50. The Morgan fingerprint density at radius 3 is 1.58 bits per heavy atom. The lowest BCUT2D eigenvalue weighted by molar-refractivity contribution is 0.282. The third-order valence-corrected chi connectivity index (χ3v) is 2.01. The average Bonchev–Trinajstić information content (AvgIpc) is 2.03. The second kappa shape index (κ2) is 14.0. The molecule has 0 saturated heterocycles. The predicted octanol–water partition coefficient (Wildman–Crippen LogP) is 2.74. The van der Waals surface area contributed by atoms with Crippen molar-refractivity contribution in [2.24, 2.45) is 0 Å². The van der Waals surface area contributed by atoms with Gasteiger partial charge in [-0.3, -0.25) is 0 Å². The fourth-order valence-corrected chi connectivity index (χ4v) is 1.25. The van der Waals surface area contributed by atoms with Gasteiger partial charge in [-0.25, -0.2) is 0 Å². The highest BCUT2D eigenvalue weighted by atomic mass is 27.0. The Kier molecular flexibility index (Phi) is 17.5. The predicted molar refractivity (Wildman–Crippen MR) is 55.4 cm³/mol. The van der Waals surface area contributed by atoms with Crippen LogP contribution >= 0.6 is 0 Å². The lowest BCUT2D eigenvalue weighted by Crippen LogP contribution is -1.83. The van der Waals surface area contributed by atoms with E-state index in [9.17, 15) is 0 Å². The summed E-state index contributed by atoms with van der Waals surface area (Å²) < 4.78 is 0. The highest BCUT2D eigenvalue weighted by Crippen LogP contribution is 2.07. The van der Waals surface area contributed by atoms with Crippen LogP contribution in [0.5, 0.6) is 0 Å². The zero-order chi connectivity index (χ0) is 8.36. The first-order valence-electron chi connectivity index (χ1n) is 5.02. The summed E-state index contributed by atoms with van der Waals surface area (Å²) in [6.07, 6.45) is 10.4. The van der Waals surface area contributed by atoms with Crippen LogP contribution in [0.4, 0.5) is 0 Å². The molecular formula is C10H22AlO. The maximum absolute atomic E-state index is 8.51. The molecule has 0 bridgehead atoms. The van der Waals surface area contributed by atoms with Crippen molar-refractivity contribution in [2.75, 3.05) is 6.61 Å². The van der Waals surface area contributed by atoms with Crippen LogP contribution in [0.3, 0.4) is 0 Å². The van der Waals surface area contributed by atoms with Gasteiger partial charge in [0.2, 0.25) is 0 Å². The smallest absolute Gasteiger partial charge is 0.0431 e. The standard InChI is InChI=1S/C10H22O.Al/c1-2-3-4-5-6-7-8-9-10-11;/h11H,2-10H2,1H3;. The summed E-state index contributed by atoms with van der Waals surface area (Å²) in [6, 6.07) is 0. The van der Waals surface area contributed by atoms with Crippen LogP contribution in [-0.2, 0) is 0 Å². The van der Waals surface area contributed by atoms with Gasteiger partial charge in [0.1, 0.15) is 0 Å². The molecule has 0 unspecified atom stereocenters. The fraction of sp³-hybridized carbons (Fsp3) is 1.00. The molecule has 12 heavy (non-hydrogen) atoms. The number of hydrogen-bond donors (Lipinski definition) is 1. The van der Waals surface area contributed by atoms with Crippen molar-refractivity contribution >= 4 is 17.4 Å². The second-order valence-corrected chi connectivity index (χ2v) is 3.20. The molecule has 0 fully saturated rings. The van der Waals surface area contributed by atoms with Gasteiger partial charge in [-0.1, -0.05) is 51.9 Å². The maximum atomic E-state index is 8.51. The van der Waals surface area contributed by atoms with Crippen molar-refractivity contribution in [2.45, 2.75) is 58.3 Å². The minimum Gasteiger partial charge on any atom is -0.396 e. The van der Waals surface area contributed by atoms with Gasteiger partial charge >= 0.3 is 0 Å². The molecule has 0 amide bonds. The van der Waals surface area contributed by atoms with Crippen LogP contribution in [0.1, 0.15) is 58.3 Å². The quantitative estimate of drug-likeness (QED) is 0.455. The summed E-state index contributed by atoms with van der Waals surface area (Å²) in [6.45, 7) is 2.61. The van der Waals surface area contributed by atoms with Gasteiger partial charge in [0.15, 0.2) is 0 Å². The van der Waals surface area contributed by atoms with Crippen LogP contribution in [0.25, 0.3) is 0 Å². The zero-order valence-corrected chi connectivity index (χ0v) is 9.54. The van der Waals surface area contributed by atoms with Crippen molar-refractivity contribution in [3.8, 4) is 0 Å². The molecule has 0 aliphatic carbocycles. The van der Waals surface area contributed by atoms with Crippen molar-refractivity contribution in [3.05, 3.63) is 0 Å². The summed E-state index contributed by atoms with van der Waals surface area (Å²) in [4.78, 5) is 0. The van der Waals surface area contributed by atoms with Crippen molar-refractivity contribution in [1.82, 2.24) is 0 Å². The van der Waals surface area contributed by atoms with E-state index in [-0.39, 0.29) is 17.4 Å². The largest absolute Gasteiger partial charge is 0.396 e. The van der Waals surface area contributed by atoms with E-state index in [1.807, 2.05) is 0 Å². The SMILES string of the molecule is CCCCCCCCCCO.[Al]. The van der Waals surface area contributed by atoms with Crippen LogP contribution in [0.2, 0.25) is 0 Å². The molecule has 0 spiro atoms. The highest BCUT2D eigenvalue weighted by molar-refractivity contribution is 5.75. The number of aliphatic hydroxyl groups is 1. The first-order chi connectivity index (χ1) is 5.41. The van der Waals surface area contributed by atoms with Crippen molar-refractivity contribution in [1.29, 1.82) is 0 Å². The Bertz CT molecular complexity index is 58.9. The van der Waals surface area contributed by atoms with Crippen molar-refractivity contribution < 1.29 is 5.11 Å². The molecule has 0 rings (SSSR count). The van der Waals surface area contributed by atoms with Crippen LogP contribution < -0.4 is 0 Å². The van der Waals surface area contributed by atoms with E-state index in [0.29, 0.717) is 6.61 Å². The Labute approximate surface area is 87.7 Å². The van der Waals surface area contributed by atoms with Gasteiger partial charge in [-0.2, -0.15) is 0 Å². The lowest BCUT2D eigenvalue weighted by Gasteiger charge is -1.98. The Morgan fingerprint density at radius 1 is 0.750 bits per heavy atom. The number of aliphatic hydroxyl groups excluding tert-OH is 1. The molecule has 0 aromatic rings. The molecule has 2 heteroatoms. The average molecular weight is 185 g/mol. The third-order valence-electron chi connectivity index (χ3n) is 2.01. The number of hydrogen-bond acceptors (Lipinski definition) is 1. The molecule has 1 nitrogen and oxygen atoms in total. The van der Waals surface area contributed by atoms with Crippen LogP contribution in [-0.4, -0.2) is 29.1 Å². The van der Waals surface area contributed by atoms with Gasteiger partial charge in [0.05, 0.1) is 0 Å². The summed E-state index contributed by atoms with van der Waals surface area (Å²) >= 11 is 0. The van der Waals surface area contributed by atoms with E-state index in [2.05, 4.69) is 6.92 Å². The highest BCUT2D eigenvalue weighted by Gasteiger charge is 1.89. The summed E-state index contributed by atoms with van der Waals surface area (Å²) in [7, 11) is 0. The molecule has 0 aliphatic rings. The minimum atomic E-state index is 0. The monoisotopic (exact) mass is 185 g/mol. The maximum Gasteiger partial charge on any atom is 0.0431 e.